The number of halogens is 2. The normalized spacial score (nSPS) is 17.6. The van der Waals surface area contributed by atoms with Gasteiger partial charge in [-0.2, -0.15) is 0 Å². The Morgan fingerprint density at radius 3 is 2.64 bits per heavy atom. The number of carbonyl (C=O) groups is 1. The molecule has 5 rings (SSSR count). The van der Waals surface area contributed by atoms with Crippen molar-refractivity contribution in [2.75, 3.05) is 13.1 Å². The summed E-state index contributed by atoms with van der Waals surface area (Å²) < 4.78 is 35.1. The van der Waals surface area contributed by atoms with E-state index in [1.54, 1.807) is 30.5 Å². The minimum Gasteiger partial charge on any atom is -0.466 e. The van der Waals surface area contributed by atoms with E-state index in [9.17, 15) is 13.6 Å². The van der Waals surface area contributed by atoms with Crippen molar-refractivity contribution >= 4 is 16.8 Å². The Kier molecular flexibility index (Phi) is 5.46. The van der Waals surface area contributed by atoms with Crippen LogP contribution in [0.15, 0.2) is 85.2 Å². The second-order valence-electron chi connectivity index (χ2n) is 8.00. The molecule has 2 aromatic carbocycles. The minimum absolute atomic E-state index is 0.0621. The fourth-order valence-electron chi connectivity index (χ4n) is 4.04. The Morgan fingerprint density at radius 2 is 1.79 bits per heavy atom. The zero-order valence-electron chi connectivity index (χ0n) is 17.7. The average molecular weight is 445 g/mol. The first kappa shape index (κ1) is 21.0. The molecular formula is C26H21F2N3O2. The molecule has 1 fully saturated rings. The highest BCUT2D eigenvalue weighted by atomic mass is 19.3. The third-order valence-electron chi connectivity index (χ3n) is 5.83. The first-order valence-corrected chi connectivity index (χ1v) is 10.7. The first-order valence-electron chi connectivity index (χ1n) is 10.7. The summed E-state index contributed by atoms with van der Waals surface area (Å²) in [6.07, 6.45) is 1.17. The van der Waals surface area contributed by atoms with E-state index < -0.39 is 18.4 Å². The van der Waals surface area contributed by atoms with E-state index in [4.69, 9.17) is 4.74 Å². The average Bonchev–Trinajstić information content (AvgIpc) is 2.85. The molecule has 2 aromatic heterocycles. The van der Waals surface area contributed by atoms with Crippen molar-refractivity contribution < 1.29 is 18.3 Å². The summed E-state index contributed by atoms with van der Waals surface area (Å²) in [5.41, 5.74) is 2.58. The van der Waals surface area contributed by atoms with Crippen LogP contribution in [-0.2, 0) is 0 Å². The van der Waals surface area contributed by atoms with Crippen LogP contribution in [0.5, 0.6) is 5.88 Å². The number of ether oxygens (including phenoxy) is 1. The van der Waals surface area contributed by atoms with Gasteiger partial charge in [0.15, 0.2) is 6.10 Å². The maximum Gasteiger partial charge on any atom is 0.287 e. The van der Waals surface area contributed by atoms with Crippen molar-refractivity contribution in [2.24, 2.45) is 0 Å². The number of aromatic nitrogens is 2. The highest BCUT2D eigenvalue weighted by Crippen LogP contribution is 2.33. The molecule has 0 spiro atoms. The lowest BCUT2D eigenvalue weighted by molar-refractivity contribution is -0.131. The number of fused-ring (bicyclic) bond motifs is 1. The Balaban J connectivity index is 1.40. The predicted octanol–water partition coefficient (Wildman–Crippen LogP) is 5.23. The van der Waals surface area contributed by atoms with E-state index in [0.717, 1.165) is 10.9 Å². The molecule has 1 atom stereocenters. The van der Waals surface area contributed by atoms with E-state index in [1.165, 1.54) is 11.1 Å². The zero-order valence-corrected chi connectivity index (χ0v) is 17.7. The number of para-hydroxylation sites is 1. The standard InChI is InChI=1S/C26H21F2N3O2/c27-26(28)13-15-31(17-23(26)33-24-11-10-19-8-4-5-9-22(19)30-24)25(32)20-12-14-29-16-21(20)18-6-2-1-3-7-18/h1-12,14,16,23H,13,15,17H2/t23-/m0/s1. The smallest absolute Gasteiger partial charge is 0.287 e. The Bertz CT molecular complexity index is 1300. The number of piperidine rings is 1. The van der Waals surface area contributed by atoms with Gasteiger partial charge in [-0.3, -0.25) is 9.78 Å². The highest BCUT2D eigenvalue weighted by molar-refractivity contribution is 6.00. The number of rotatable bonds is 4. The van der Waals surface area contributed by atoms with Gasteiger partial charge in [-0.1, -0.05) is 48.5 Å². The van der Waals surface area contributed by atoms with Crippen LogP contribution in [0.4, 0.5) is 8.78 Å². The molecule has 0 saturated carbocycles. The van der Waals surface area contributed by atoms with Crippen LogP contribution in [0.3, 0.4) is 0 Å². The third kappa shape index (κ3) is 4.26. The van der Waals surface area contributed by atoms with Gasteiger partial charge in [0.2, 0.25) is 5.88 Å². The van der Waals surface area contributed by atoms with Crippen molar-refractivity contribution in [1.82, 2.24) is 14.9 Å². The van der Waals surface area contributed by atoms with E-state index in [2.05, 4.69) is 9.97 Å². The van der Waals surface area contributed by atoms with E-state index >= 15 is 0 Å². The molecule has 5 nitrogen and oxygen atoms in total. The Hall–Kier alpha value is -3.87. The molecule has 4 aromatic rings. The van der Waals surface area contributed by atoms with Gasteiger partial charge >= 0.3 is 0 Å². The number of nitrogens with zero attached hydrogens (tertiary/aromatic N) is 3. The van der Waals surface area contributed by atoms with Gasteiger partial charge in [-0.25, -0.2) is 13.8 Å². The van der Waals surface area contributed by atoms with Gasteiger partial charge in [0.05, 0.1) is 17.6 Å². The lowest BCUT2D eigenvalue weighted by atomic mass is 9.98. The number of hydrogen-bond acceptors (Lipinski definition) is 4. The second kappa shape index (κ2) is 8.58. The topological polar surface area (TPSA) is 55.3 Å². The van der Waals surface area contributed by atoms with Crippen molar-refractivity contribution in [1.29, 1.82) is 0 Å². The Morgan fingerprint density at radius 1 is 1.00 bits per heavy atom. The lowest BCUT2D eigenvalue weighted by Crippen LogP contribution is -2.55. The Labute approximate surface area is 189 Å². The quantitative estimate of drug-likeness (QED) is 0.432. The largest absolute Gasteiger partial charge is 0.466 e. The molecule has 1 saturated heterocycles. The minimum atomic E-state index is -3.08. The maximum atomic E-state index is 14.8. The van der Waals surface area contributed by atoms with Crippen LogP contribution < -0.4 is 4.74 Å². The summed E-state index contributed by atoms with van der Waals surface area (Å²) in [5.74, 6) is -3.29. The van der Waals surface area contributed by atoms with Crippen LogP contribution in [0.1, 0.15) is 16.8 Å². The van der Waals surface area contributed by atoms with Crippen molar-refractivity contribution in [3.8, 4) is 17.0 Å². The van der Waals surface area contributed by atoms with Crippen molar-refractivity contribution in [2.45, 2.75) is 18.4 Å². The molecule has 0 N–H and O–H groups in total. The molecule has 0 bridgehead atoms. The molecule has 0 radical (unpaired) electrons. The molecule has 1 aliphatic rings. The zero-order chi connectivity index (χ0) is 22.8. The summed E-state index contributed by atoms with van der Waals surface area (Å²) in [6.45, 7) is -0.301. The number of pyridine rings is 2. The second-order valence-corrected chi connectivity index (χ2v) is 8.00. The maximum absolute atomic E-state index is 14.8. The number of hydrogen-bond donors (Lipinski definition) is 0. The van der Waals surface area contributed by atoms with Crippen LogP contribution in [0.2, 0.25) is 0 Å². The SMILES string of the molecule is O=C(c1ccncc1-c1ccccc1)N1CCC(F)(F)[C@@H](Oc2ccc3ccccc3n2)C1. The summed E-state index contributed by atoms with van der Waals surface area (Å²) in [5, 5.41) is 0.892. The molecule has 33 heavy (non-hydrogen) atoms. The monoisotopic (exact) mass is 445 g/mol. The van der Waals surface area contributed by atoms with Gasteiger partial charge in [0.1, 0.15) is 0 Å². The van der Waals surface area contributed by atoms with Gasteiger partial charge < -0.3 is 9.64 Å². The van der Waals surface area contributed by atoms with Crippen LogP contribution in [-0.4, -0.2) is 45.9 Å². The van der Waals surface area contributed by atoms with Crippen LogP contribution in [0, 0.1) is 0 Å². The molecule has 0 unspecified atom stereocenters. The molecule has 0 aliphatic carbocycles. The van der Waals surface area contributed by atoms with Crippen LogP contribution >= 0.6 is 0 Å². The van der Waals surface area contributed by atoms with E-state index in [1.807, 2.05) is 48.5 Å². The number of likely N-dealkylation sites (tertiary alicyclic amines) is 1. The summed E-state index contributed by atoms with van der Waals surface area (Å²) in [4.78, 5) is 23.3. The van der Waals surface area contributed by atoms with Crippen molar-refractivity contribution in [3.05, 3.63) is 90.8 Å². The number of amides is 1. The number of alkyl halides is 2. The molecule has 166 valence electrons. The predicted molar refractivity (Wildman–Crippen MR) is 121 cm³/mol. The van der Waals surface area contributed by atoms with Gasteiger partial charge in [-0.05, 0) is 23.8 Å². The fourth-order valence-corrected chi connectivity index (χ4v) is 4.04. The van der Waals surface area contributed by atoms with Gasteiger partial charge in [0.25, 0.3) is 11.8 Å². The molecular weight excluding hydrogens is 424 g/mol. The molecule has 1 amide bonds. The number of carbonyl (C=O) groups excluding carboxylic acids is 1. The van der Waals surface area contributed by atoms with Gasteiger partial charge in [-0.15, -0.1) is 0 Å². The third-order valence-corrected chi connectivity index (χ3v) is 5.83. The van der Waals surface area contributed by atoms with E-state index in [0.29, 0.717) is 16.6 Å². The lowest BCUT2D eigenvalue weighted by Gasteiger charge is -2.38. The molecule has 7 heteroatoms. The fraction of sp³-hybridized carbons (Fsp3) is 0.192. The van der Waals surface area contributed by atoms with Crippen LogP contribution in [0.25, 0.3) is 22.0 Å². The summed E-state index contributed by atoms with van der Waals surface area (Å²) in [7, 11) is 0. The first-order chi connectivity index (χ1) is 16.0. The summed E-state index contributed by atoms with van der Waals surface area (Å²) >= 11 is 0. The molecule has 1 aliphatic heterocycles. The van der Waals surface area contributed by atoms with Crippen molar-refractivity contribution in [3.63, 3.8) is 0 Å². The highest BCUT2D eigenvalue weighted by Gasteiger charge is 2.47. The number of benzene rings is 2. The van der Waals surface area contributed by atoms with E-state index in [-0.39, 0.29) is 24.9 Å². The van der Waals surface area contributed by atoms with Gasteiger partial charge in [0, 0.05) is 42.4 Å². The molecule has 3 heterocycles. The summed E-state index contributed by atoms with van der Waals surface area (Å²) in [6, 6.07) is 21.8.